The number of rotatable bonds is 5. The molecule has 2 heterocycles. The Bertz CT molecular complexity index is 543. The third-order valence-electron chi connectivity index (χ3n) is 2.51. The van der Waals surface area contributed by atoms with Gasteiger partial charge in [0, 0.05) is 17.8 Å². The monoisotopic (exact) mass is 277 g/mol. The number of hydrogen-bond acceptors (Lipinski definition) is 5. The number of carbonyl (C=O) groups is 1. The SMILES string of the molecule is CSc1cc(C(=O)NC(C)Cn2cncn2)ccn1. The van der Waals surface area contributed by atoms with E-state index in [0.29, 0.717) is 12.1 Å². The lowest BCUT2D eigenvalue weighted by Crippen LogP contribution is -2.35. The Morgan fingerprint density at radius 2 is 2.42 bits per heavy atom. The van der Waals surface area contributed by atoms with Crippen LogP contribution < -0.4 is 5.32 Å². The molecule has 19 heavy (non-hydrogen) atoms. The Hall–Kier alpha value is -1.89. The predicted molar refractivity (Wildman–Crippen MR) is 73.0 cm³/mol. The van der Waals surface area contributed by atoms with E-state index in [-0.39, 0.29) is 11.9 Å². The van der Waals surface area contributed by atoms with Crippen molar-refractivity contribution < 1.29 is 4.79 Å². The van der Waals surface area contributed by atoms with Gasteiger partial charge in [-0.1, -0.05) is 0 Å². The quantitative estimate of drug-likeness (QED) is 0.832. The summed E-state index contributed by atoms with van der Waals surface area (Å²) in [4.78, 5) is 20.1. The van der Waals surface area contributed by atoms with Crippen LogP contribution in [0.3, 0.4) is 0 Å². The highest BCUT2D eigenvalue weighted by molar-refractivity contribution is 7.98. The minimum atomic E-state index is -0.106. The van der Waals surface area contributed by atoms with Crippen molar-refractivity contribution in [2.45, 2.75) is 24.5 Å². The van der Waals surface area contributed by atoms with Crippen molar-refractivity contribution in [1.82, 2.24) is 25.1 Å². The fourth-order valence-electron chi connectivity index (χ4n) is 1.62. The molecule has 100 valence electrons. The van der Waals surface area contributed by atoms with E-state index < -0.39 is 0 Å². The van der Waals surface area contributed by atoms with Crippen LogP contribution in [-0.4, -0.2) is 38.0 Å². The predicted octanol–water partition coefficient (Wildman–Crippen LogP) is 1.21. The average molecular weight is 277 g/mol. The largest absolute Gasteiger partial charge is 0.348 e. The first-order chi connectivity index (χ1) is 9.19. The third kappa shape index (κ3) is 3.78. The van der Waals surface area contributed by atoms with Crippen LogP contribution in [0.15, 0.2) is 36.0 Å². The maximum atomic E-state index is 12.1. The van der Waals surface area contributed by atoms with Gasteiger partial charge in [0.05, 0.1) is 11.6 Å². The number of amides is 1. The number of pyridine rings is 1. The molecule has 0 spiro atoms. The molecule has 6 nitrogen and oxygen atoms in total. The number of carbonyl (C=O) groups excluding carboxylic acids is 1. The van der Waals surface area contributed by atoms with Gasteiger partial charge in [-0.3, -0.25) is 9.48 Å². The first-order valence-corrected chi connectivity index (χ1v) is 7.05. The van der Waals surface area contributed by atoms with Crippen LogP contribution in [0.5, 0.6) is 0 Å². The van der Waals surface area contributed by atoms with E-state index in [0.717, 1.165) is 5.03 Å². The zero-order valence-corrected chi connectivity index (χ0v) is 11.6. The lowest BCUT2D eigenvalue weighted by Gasteiger charge is -2.13. The van der Waals surface area contributed by atoms with Gasteiger partial charge in [0.2, 0.25) is 0 Å². The minimum Gasteiger partial charge on any atom is -0.348 e. The van der Waals surface area contributed by atoms with Gasteiger partial charge in [0.1, 0.15) is 12.7 Å². The van der Waals surface area contributed by atoms with Crippen LogP contribution in [0.2, 0.25) is 0 Å². The minimum absolute atomic E-state index is 0.0277. The van der Waals surface area contributed by atoms with E-state index in [9.17, 15) is 4.79 Å². The molecule has 0 saturated carbocycles. The first kappa shape index (κ1) is 13.5. The summed E-state index contributed by atoms with van der Waals surface area (Å²) in [6, 6.07) is 3.46. The van der Waals surface area contributed by atoms with E-state index in [1.165, 1.54) is 18.1 Å². The Morgan fingerprint density at radius 1 is 1.58 bits per heavy atom. The second-order valence-electron chi connectivity index (χ2n) is 4.08. The van der Waals surface area contributed by atoms with Gasteiger partial charge in [-0.2, -0.15) is 5.10 Å². The number of aromatic nitrogens is 4. The number of hydrogen-bond donors (Lipinski definition) is 1. The van der Waals surface area contributed by atoms with Crippen LogP contribution >= 0.6 is 11.8 Å². The molecule has 2 aromatic rings. The van der Waals surface area contributed by atoms with E-state index >= 15 is 0 Å². The van der Waals surface area contributed by atoms with Crippen LogP contribution in [0.25, 0.3) is 0 Å². The van der Waals surface area contributed by atoms with Crippen molar-refractivity contribution in [1.29, 1.82) is 0 Å². The topological polar surface area (TPSA) is 72.7 Å². The number of thioether (sulfide) groups is 1. The van der Waals surface area contributed by atoms with Gasteiger partial charge in [0.15, 0.2) is 0 Å². The van der Waals surface area contributed by atoms with Gasteiger partial charge in [0.25, 0.3) is 5.91 Å². The zero-order chi connectivity index (χ0) is 13.7. The van der Waals surface area contributed by atoms with Crippen molar-refractivity contribution in [3.63, 3.8) is 0 Å². The molecule has 0 bridgehead atoms. The Balaban J connectivity index is 1.96. The van der Waals surface area contributed by atoms with E-state index in [1.807, 2.05) is 13.2 Å². The molecule has 2 rings (SSSR count). The Morgan fingerprint density at radius 3 is 3.11 bits per heavy atom. The summed E-state index contributed by atoms with van der Waals surface area (Å²) in [6.45, 7) is 2.52. The molecule has 0 aliphatic carbocycles. The maximum absolute atomic E-state index is 12.1. The molecule has 1 amide bonds. The molecule has 7 heteroatoms. The molecular formula is C12H15N5OS. The maximum Gasteiger partial charge on any atom is 0.251 e. The zero-order valence-electron chi connectivity index (χ0n) is 10.8. The normalized spacial score (nSPS) is 12.1. The fourth-order valence-corrected chi connectivity index (χ4v) is 2.03. The summed E-state index contributed by atoms with van der Waals surface area (Å²) >= 11 is 1.51. The second kappa shape index (κ2) is 6.33. The van der Waals surface area contributed by atoms with Gasteiger partial charge >= 0.3 is 0 Å². The molecule has 1 N–H and O–H groups in total. The van der Waals surface area contributed by atoms with Crippen LogP contribution in [-0.2, 0) is 6.54 Å². The molecule has 1 unspecified atom stereocenters. The van der Waals surface area contributed by atoms with Crippen molar-refractivity contribution in [2.75, 3.05) is 6.26 Å². The van der Waals surface area contributed by atoms with Crippen LogP contribution in [0.4, 0.5) is 0 Å². The summed E-state index contributed by atoms with van der Waals surface area (Å²) in [5.74, 6) is -0.106. The molecule has 1 atom stereocenters. The summed E-state index contributed by atoms with van der Waals surface area (Å²) in [6.07, 6.45) is 6.67. The summed E-state index contributed by atoms with van der Waals surface area (Å²) in [5, 5.41) is 7.76. The van der Waals surface area contributed by atoms with Crippen molar-refractivity contribution in [3.8, 4) is 0 Å². The standard InChI is InChI=1S/C12H15N5OS/c1-9(6-17-8-13-7-15-17)16-12(18)10-3-4-14-11(5-10)19-2/h3-5,7-9H,6H2,1-2H3,(H,16,18). The van der Waals surface area contributed by atoms with Crippen LogP contribution in [0, 0.1) is 0 Å². The van der Waals surface area contributed by atoms with Crippen molar-refractivity contribution >= 4 is 17.7 Å². The van der Waals surface area contributed by atoms with E-state index in [1.54, 1.807) is 29.3 Å². The lowest BCUT2D eigenvalue weighted by atomic mass is 10.2. The van der Waals surface area contributed by atoms with Gasteiger partial charge in [-0.05, 0) is 25.3 Å². The molecule has 0 radical (unpaired) electrons. The number of nitrogens with one attached hydrogen (secondary N) is 1. The Labute approximate surface area is 115 Å². The summed E-state index contributed by atoms with van der Waals surface area (Å²) in [5.41, 5.74) is 0.616. The van der Waals surface area contributed by atoms with Crippen molar-refractivity contribution in [3.05, 3.63) is 36.5 Å². The van der Waals surface area contributed by atoms with Gasteiger partial charge < -0.3 is 5.32 Å². The average Bonchev–Trinajstić information content (AvgIpc) is 2.91. The molecular weight excluding hydrogens is 262 g/mol. The summed E-state index contributed by atoms with van der Waals surface area (Å²) in [7, 11) is 0. The highest BCUT2D eigenvalue weighted by atomic mass is 32.2. The smallest absolute Gasteiger partial charge is 0.251 e. The van der Waals surface area contributed by atoms with E-state index in [2.05, 4.69) is 20.4 Å². The van der Waals surface area contributed by atoms with Crippen molar-refractivity contribution in [2.24, 2.45) is 0 Å². The molecule has 0 aliphatic heterocycles. The molecule has 2 aromatic heterocycles. The van der Waals surface area contributed by atoms with Crippen LogP contribution in [0.1, 0.15) is 17.3 Å². The molecule has 0 aromatic carbocycles. The molecule has 0 saturated heterocycles. The summed E-state index contributed by atoms with van der Waals surface area (Å²) < 4.78 is 1.69. The highest BCUT2D eigenvalue weighted by Crippen LogP contribution is 2.12. The van der Waals surface area contributed by atoms with Gasteiger partial charge in [-0.25, -0.2) is 9.97 Å². The third-order valence-corrected chi connectivity index (χ3v) is 3.15. The highest BCUT2D eigenvalue weighted by Gasteiger charge is 2.11. The first-order valence-electron chi connectivity index (χ1n) is 5.82. The second-order valence-corrected chi connectivity index (χ2v) is 4.91. The number of nitrogens with zero attached hydrogens (tertiary/aromatic N) is 4. The van der Waals surface area contributed by atoms with Gasteiger partial charge in [-0.15, -0.1) is 11.8 Å². The fraction of sp³-hybridized carbons (Fsp3) is 0.333. The Kier molecular flexibility index (Phi) is 4.51. The molecule has 0 aliphatic rings. The van der Waals surface area contributed by atoms with E-state index in [4.69, 9.17) is 0 Å². The molecule has 0 fully saturated rings. The lowest BCUT2D eigenvalue weighted by molar-refractivity contribution is 0.0935.